The number of rotatable bonds is 2. The van der Waals surface area contributed by atoms with Gasteiger partial charge in [-0.3, -0.25) is 9.88 Å². The van der Waals surface area contributed by atoms with E-state index in [1.165, 1.54) is 37.2 Å². The molecule has 1 saturated heterocycles. The Balaban J connectivity index is 1.64. The first-order valence-electron chi connectivity index (χ1n) is 6.61. The SMILES string of the molecule is Cc1cccnc1CN1C[C@H]2CC(N)C[C@H]2C1. The van der Waals surface area contributed by atoms with Crippen molar-refractivity contribution in [1.82, 2.24) is 9.88 Å². The highest BCUT2D eigenvalue weighted by Gasteiger charge is 2.39. The molecule has 0 spiro atoms. The van der Waals surface area contributed by atoms with Crippen molar-refractivity contribution in [2.75, 3.05) is 13.1 Å². The van der Waals surface area contributed by atoms with Gasteiger partial charge in [0.05, 0.1) is 5.69 Å². The molecular formula is C14H21N3. The van der Waals surface area contributed by atoms with E-state index in [1.807, 2.05) is 12.3 Å². The molecule has 2 fully saturated rings. The number of nitrogens with two attached hydrogens (primary N) is 1. The van der Waals surface area contributed by atoms with Gasteiger partial charge < -0.3 is 5.73 Å². The lowest BCUT2D eigenvalue weighted by Gasteiger charge is -2.18. The fraction of sp³-hybridized carbons (Fsp3) is 0.643. The molecule has 92 valence electrons. The minimum Gasteiger partial charge on any atom is -0.328 e. The lowest BCUT2D eigenvalue weighted by atomic mass is 10.0. The Kier molecular flexibility index (Phi) is 2.89. The van der Waals surface area contributed by atoms with E-state index >= 15 is 0 Å². The summed E-state index contributed by atoms with van der Waals surface area (Å²) in [5.74, 6) is 1.68. The van der Waals surface area contributed by atoms with Crippen LogP contribution >= 0.6 is 0 Å². The normalized spacial score (nSPS) is 32.9. The molecule has 1 saturated carbocycles. The lowest BCUT2D eigenvalue weighted by Crippen LogP contribution is -2.25. The molecule has 3 heteroatoms. The number of fused-ring (bicyclic) bond motifs is 1. The highest BCUT2D eigenvalue weighted by molar-refractivity contribution is 5.17. The van der Waals surface area contributed by atoms with Gasteiger partial charge in [-0.2, -0.15) is 0 Å². The number of likely N-dealkylation sites (tertiary alicyclic amines) is 1. The third-order valence-corrected chi connectivity index (χ3v) is 4.35. The Morgan fingerprint density at radius 2 is 2.06 bits per heavy atom. The summed E-state index contributed by atoms with van der Waals surface area (Å²) in [5, 5.41) is 0. The Labute approximate surface area is 103 Å². The van der Waals surface area contributed by atoms with E-state index in [0.717, 1.165) is 18.4 Å². The average molecular weight is 231 g/mol. The summed E-state index contributed by atoms with van der Waals surface area (Å²) < 4.78 is 0. The van der Waals surface area contributed by atoms with Crippen molar-refractivity contribution < 1.29 is 0 Å². The zero-order valence-electron chi connectivity index (χ0n) is 10.5. The molecule has 1 aliphatic heterocycles. The van der Waals surface area contributed by atoms with Gasteiger partial charge in [-0.15, -0.1) is 0 Å². The second-order valence-corrected chi connectivity index (χ2v) is 5.71. The summed E-state index contributed by atoms with van der Waals surface area (Å²) in [5.41, 5.74) is 8.56. The summed E-state index contributed by atoms with van der Waals surface area (Å²) in [6, 6.07) is 4.62. The van der Waals surface area contributed by atoms with Crippen LogP contribution in [0.4, 0.5) is 0 Å². The van der Waals surface area contributed by atoms with E-state index < -0.39 is 0 Å². The summed E-state index contributed by atoms with van der Waals surface area (Å²) in [6.45, 7) is 5.59. The van der Waals surface area contributed by atoms with Crippen molar-refractivity contribution in [1.29, 1.82) is 0 Å². The molecule has 0 aromatic carbocycles. The van der Waals surface area contributed by atoms with Gasteiger partial charge in [0.2, 0.25) is 0 Å². The van der Waals surface area contributed by atoms with E-state index in [2.05, 4.69) is 22.9 Å². The predicted octanol–water partition coefficient (Wildman–Crippen LogP) is 1.56. The van der Waals surface area contributed by atoms with Gasteiger partial charge in [0.25, 0.3) is 0 Å². The number of nitrogens with zero attached hydrogens (tertiary/aromatic N) is 2. The molecular weight excluding hydrogens is 210 g/mol. The Morgan fingerprint density at radius 3 is 2.71 bits per heavy atom. The van der Waals surface area contributed by atoms with E-state index in [1.54, 1.807) is 0 Å². The van der Waals surface area contributed by atoms with Gasteiger partial charge >= 0.3 is 0 Å². The second-order valence-electron chi connectivity index (χ2n) is 5.71. The minimum atomic E-state index is 0.462. The van der Waals surface area contributed by atoms with E-state index in [-0.39, 0.29) is 0 Å². The molecule has 3 rings (SSSR count). The van der Waals surface area contributed by atoms with Crippen LogP contribution in [0.25, 0.3) is 0 Å². The minimum absolute atomic E-state index is 0.462. The molecule has 0 bridgehead atoms. The quantitative estimate of drug-likeness (QED) is 0.840. The van der Waals surface area contributed by atoms with Crippen LogP contribution in [0.15, 0.2) is 18.3 Å². The molecule has 2 N–H and O–H groups in total. The van der Waals surface area contributed by atoms with Crippen LogP contribution in [0.5, 0.6) is 0 Å². The average Bonchev–Trinajstić information content (AvgIpc) is 2.78. The van der Waals surface area contributed by atoms with Crippen LogP contribution in [0, 0.1) is 18.8 Å². The highest BCUT2D eigenvalue weighted by Crippen LogP contribution is 2.37. The third-order valence-electron chi connectivity index (χ3n) is 4.35. The molecule has 17 heavy (non-hydrogen) atoms. The maximum Gasteiger partial charge on any atom is 0.0573 e. The predicted molar refractivity (Wildman–Crippen MR) is 68.4 cm³/mol. The first kappa shape index (κ1) is 11.2. The van der Waals surface area contributed by atoms with E-state index in [9.17, 15) is 0 Å². The van der Waals surface area contributed by atoms with Gasteiger partial charge in [0.1, 0.15) is 0 Å². The molecule has 1 unspecified atom stereocenters. The summed E-state index contributed by atoms with van der Waals surface area (Å²) in [6.07, 6.45) is 4.35. The molecule has 3 nitrogen and oxygen atoms in total. The van der Waals surface area contributed by atoms with E-state index in [4.69, 9.17) is 5.73 Å². The van der Waals surface area contributed by atoms with Crippen molar-refractivity contribution in [3.63, 3.8) is 0 Å². The van der Waals surface area contributed by atoms with Crippen LogP contribution in [0.3, 0.4) is 0 Å². The van der Waals surface area contributed by atoms with Crippen LogP contribution in [-0.2, 0) is 6.54 Å². The monoisotopic (exact) mass is 231 g/mol. The second kappa shape index (κ2) is 4.39. The van der Waals surface area contributed by atoms with Gasteiger partial charge in [-0.05, 0) is 43.2 Å². The Bertz CT molecular complexity index is 390. The first-order valence-corrected chi connectivity index (χ1v) is 6.61. The standard InChI is InChI=1S/C14H21N3/c1-10-3-2-4-16-14(10)9-17-7-11-5-13(15)6-12(11)8-17/h2-4,11-13H,5-9,15H2,1H3/t11-,12+,13?. The third kappa shape index (κ3) is 2.22. The van der Waals surface area contributed by atoms with Gasteiger partial charge in [-0.25, -0.2) is 0 Å². The highest BCUT2D eigenvalue weighted by atomic mass is 15.2. The Hall–Kier alpha value is -0.930. The summed E-state index contributed by atoms with van der Waals surface area (Å²) in [7, 11) is 0. The number of aromatic nitrogens is 1. The van der Waals surface area contributed by atoms with Crippen molar-refractivity contribution in [2.24, 2.45) is 17.6 Å². The maximum atomic E-state index is 6.02. The number of hydrogen-bond acceptors (Lipinski definition) is 3. The van der Waals surface area contributed by atoms with E-state index in [0.29, 0.717) is 6.04 Å². The lowest BCUT2D eigenvalue weighted by molar-refractivity contribution is 0.295. The number of hydrogen-bond donors (Lipinski definition) is 1. The fourth-order valence-corrected chi connectivity index (χ4v) is 3.47. The number of pyridine rings is 1. The van der Waals surface area contributed by atoms with Crippen LogP contribution in [0.2, 0.25) is 0 Å². The smallest absolute Gasteiger partial charge is 0.0573 e. The summed E-state index contributed by atoms with van der Waals surface area (Å²) in [4.78, 5) is 7.04. The van der Waals surface area contributed by atoms with Gasteiger partial charge in [-0.1, -0.05) is 6.07 Å². The molecule has 1 aromatic heterocycles. The molecule has 2 heterocycles. The molecule has 1 aliphatic carbocycles. The van der Waals surface area contributed by atoms with Crippen LogP contribution in [0.1, 0.15) is 24.1 Å². The molecule has 2 aliphatic rings. The summed E-state index contributed by atoms with van der Waals surface area (Å²) >= 11 is 0. The first-order chi connectivity index (χ1) is 8.22. The fourth-order valence-electron chi connectivity index (χ4n) is 3.47. The van der Waals surface area contributed by atoms with Crippen molar-refractivity contribution in [3.8, 4) is 0 Å². The molecule has 0 radical (unpaired) electrons. The zero-order valence-corrected chi connectivity index (χ0v) is 10.5. The number of aryl methyl sites for hydroxylation is 1. The maximum absolute atomic E-state index is 6.02. The van der Waals surface area contributed by atoms with Gasteiger partial charge in [0, 0.05) is 31.9 Å². The zero-order chi connectivity index (χ0) is 11.8. The van der Waals surface area contributed by atoms with Crippen molar-refractivity contribution in [3.05, 3.63) is 29.6 Å². The van der Waals surface area contributed by atoms with Crippen molar-refractivity contribution in [2.45, 2.75) is 32.4 Å². The van der Waals surface area contributed by atoms with Crippen LogP contribution < -0.4 is 5.73 Å². The Morgan fingerprint density at radius 1 is 1.35 bits per heavy atom. The molecule has 0 amide bonds. The molecule has 1 aromatic rings. The molecule has 3 atom stereocenters. The van der Waals surface area contributed by atoms with Gasteiger partial charge in [0.15, 0.2) is 0 Å². The van der Waals surface area contributed by atoms with Crippen molar-refractivity contribution >= 4 is 0 Å². The largest absolute Gasteiger partial charge is 0.328 e. The topological polar surface area (TPSA) is 42.2 Å². The van der Waals surface area contributed by atoms with Crippen LogP contribution in [-0.4, -0.2) is 29.0 Å².